The molecule has 0 aliphatic heterocycles. The summed E-state index contributed by atoms with van der Waals surface area (Å²) in [5, 5.41) is 0. The summed E-state index contributed by atoms with van der Waals surface area (Å²) in [6.07, 6.45) is 92.9. The number of ether oxygens (including phenoxy) is 3. The number of hydrogen-bond donors (Lipinski definition) is 0. The summed E-state index contributed by atoms with van der Waals surface area (Å²) in [7, 11) is 0. The fourth-order valence-corrected chi connectivity index (χ4v) is 9.89. The first-order valence-corrected chi connectivity index (χ1v) is 34.7. The van der Waals surface area contributed by atoms with Crippen molar-refractivity contribution in [2.75, 3.05) is 13.2 Å². The molecule has 1 atom stereocenters. The number of allylic oxidation sites excluding steroid dienone is 16. The molecule has 466 valence electrons. The Bertz CT molecular complexity index is 1580. The maximum absolute atomic E-state index is 12.9. The molecule has 0 aromatic carbocycles. The molecular weight excluding hydrogens is 997 g/mol. The second-order valence-corrected chi connectivity index (χ2v) is 23.1. The molecule has 0 fully saturated rings. The molecule has 0 saturated heterocycles. The lowest BCUT2D eigenvalue weighted by molar-refractivity contribution is -0.167. The number of rotatable bonds is 63. The normalized spacial score (nSPS) is 12.7. The zero-order valence-corrected chi connectivity index (χ0v) is 53.5. The zero-order valence-electron chi connectivity index (χ0n) is 53.5. The van der Waals surface area contributed by atoms with Crippen molar-refractivity contribution in [2.45, 2.75) is 348 Å². The molecule has 0 radical (unpaired) electrons. The number of unbranched alkanes of at least 4 members (excludes halogenated alkanes) is 36. The highest BCUT2D eigenvalue weighted by molar-refractivity contribution is 5.71. The van der Waals surface area contributed by atoms with Crippen LogP contribution in [0, 0.1) is 0 Å². The van der Waals surface area contributed by atoms with E-state index in [1.165, 1.54) is 193 Å². The van der Waals surface area contributed by atoms with Gasteiger partial charge in [0.1, 0.15) is 13.2 Å². The molecule has 1 unspecified atom stereocenters. The summed E-state index contributed by atoms with van der Waals surface area (Å²) in [6, 6.07) is 0. The smallest absolute Gasteiger partial charge is 0.306 e. The number of esters is 3. The van der Waals surface area contributed by atoms with Crippen LogP contribution in [0.25, 0.3) is 0 Å². The van der Waals surface area contributed by atoms with E-state index in [1.54, 1.807) is 0 Å². The van der Waals surface area contributed by atoms with Crippen molar-refractivity contribution in [2.24, 2.45) is 0 Å². The van der Waals surface area contributed by atoms with E-state index in [4.69, 9.17) is 14.2 Å². The highest BCUT2D eigenvalue weighted by Gasteiger charge is 2.19. The van der Waals surface area contributed by atoms with E-state index in [9.17, 15) is 14.4 Å². The molecule has 0 rings (SSSR count). The Balaban J connectivity index is 4.16. The van der Waals surface area contributed by atoms with Crippen LogP contribution in [0.2, 0.25) is 0 Å². The Labute approximate surface area is 502 Å². The molecule has 0 amide bonds. The van der Waals surface area contributed by atoms with E-state index in [2.05, 4.69) is 118 Å². The van der Waals surface area contributed by atoms with Crippen LogP contribution < -0.4 is 0 Å². The summed E-state index contributed by atoms with van der Waals surface area (Å²) in [6.45, 7) is 6.54. The van der Waals surface area contributed by atoms with Crippen molar-refractivity contribution in [3.05, 3.63) is 97.2 Å². The van der Waals surface area contributed by atoms with E-state index in [0.29, 0.717) is 19.3 Å². The number of hydrogen-bond acceptors (Lipinski definition) is 6. The van der Waals surface area contributed by atoms with Crippen LogP contribution in [0.4, 0.5) is 0 Å². The standard InChI is InChI=1S/C75H130O6/c1-4-7-10-13-16-19-22-25-27-28-29-30-31-32-33-34-35-36-37-38-39-40-41-42-43-44-45-46-48-50-53-56-59-62-65-68-74(77)80-71-72(70-79-73(76)67-64-61-58-55-52-49-24-21-18-15-12-9-6-3)81-75(78)69-66-63-60-57-54-51-47-26-23-20-17-14-11-8-5-2/h7,10,16,19,21,24-25,27,29-30,32-33,35-36,38-39,72H,4-6,8-9,11-15,17-18,20,22-23,26,28,31,34,37,40-71H2,1-3H3/b10-7-,19-16-,24-21-,27-25-,30-29-,33-32-,36-35-,39-38-. The molecule has 0 aromatic heterocycles. The van der Waals surface area contributed by atoms with Crippen molar-refractivity contribution in [1.29, 1.82) is 0 Å². The molecule has 81 heavy (non-hydrogen) atoms. The van der Waals surface area contributed by atoms with Gasteiger partial charge in [0.2, 0.25) is 0 Å². The van der Waals surface area contributed by atoms with Crippen molar-refractivity contribution in [1.82, 2.24) is 0 Å². The van der Waals surface area contributed by atoms with Crippen LogP contribution in [-0.2, 0) is 28.6 Å². The molecule has 0 spiro atoms. The molecule has 0 N–H and O–H groups in total. The van der Waals surface area contributed by atoms with Gasteiger partial charge in [-0.15, -0.1) is 0 Å². The van der Waals surface area contributed by atoms with Crippen molar-refractivity contribution in [3.8, 4) is 0 Å². The molecule has 0 aliphatic rings. The fraction of sp³-hybridized carbons (Fsp3) is 0.747. The minimum Gasteiger partial charge on any atom is -0.462 e. The Morgan fingerprint density at radius 2 is 0.481 bits per heavy atom. The molecule has 0 bridgehead atoms. The van der Waals surface area contributed by atoms with Gasteiger partial charge >= 0.3 is 17.9 Å². The number of carbonyl (C=O) groups is 3. The van der Waals surface area contributed by atoms with Crippen LogP contribution in [0.3, 0.4) is 0 Å². The third-order valence-electron chi connectivity index (χ3n) is 15.1. The quantitative estimate of drug-likeness (QED) is 0.0261. The van der Waals surface area contributed by atoms with Gasteiger partial charge in [-0.1, -0.05) is 317 Å². The molecule has 6 heteroatoms. The van der Waals surface area contributed by atoms with Gasteiger partial charge in [0.15, 0.2) is 6.10 Å². The fourth-order valence-electron chi connectivity index (χ4n) is 9.89. The molecular formula is C75H130O6. The Morgan fingerprint density at radius 3 is 0.778 bits per heavy atom. The Kier molecular flexibility index (Phi) is 65.7. The van der Waals surface area contributed by atoms with Crippen LogP contribution in [-0.4, -0.2) is 37.2 Å². The van der Waals surface area contributed by atoms with Crippen molar-refractivity contribution >= 4 is 17.9 Å². The van der Waals surface area contributed by atoms with E-state index in [1.807, 2.05) is 0 Å². The van der Waals surface area contributed by atoms with Crippen LogP contribution in [0.5, 0.6) is 0 Å². The maximum Gasteiger partial charge on any atom is 0.306 e. The second-order valence-electron chi connectivity index (χ2n) is 23.1. The highest BCUT2D eigenvalue weighted by atomic mass is 16.6. The van der Waals surface area contributed by atoms with Crippen LogP contribution in [0.1, 0.15) is 342 Å². The minimum absolute atomic E-state index is 0.0758. The van der Waals surface area contributed by atoms with Gasteiger partial charge in [0, 0.05) is 19.3 Å². The average molecular weight is 1130 g/mol. The lowest BCUT2D eigenvalue weighted by Gasteiger charge is -2.18. The van der Waals surface area contributed by atoms with Gasteiger partial charge in [0.05, 0.1) is 0 Å². The second kappa shape index (κ2) is 68.8. The predicted octanol–water partition coefficient (Wildman–Crippen LogP) is 24.0. The maximum atomic E-state index is 12.9. The SMILES string of the molecule is CC/C=C\C/C=C\C/C=C\C/C=C\C/C=C\C/C=C\C/C=C\CCCCCCCCCCCCCCCC(=O)OCC(COC(=O)CCCCCCC/C=C\CCCCCC)OC(=O)CCCCCCCCCCCCCCCCC. The van der Waals surface area contributed by atoms with E-state index in [-0.39, 0.29) is 31.1 Å². The molecule has 0 aliphatic carbocycles. The highest BCUT2D eigenvalue weighted by Crippen LogP contribution is 2.17. The van der Waals surface area contributed by atoms with Crippen molar-refractivity contribution < 1.29 is 28.6 Å². The van der Waals surface area contributed by atoms with Gasteiger partial charge < -0.3 is 14.2 Å². The summed E-state index contributed by atoms with van der Waals surface area (Å²) >= 11 is 0. The van der Waals surface area contributed by atoms with Crippen LogP contribution >= 0.6 is 0 Å². The molecule has 6 nitrogen and oxygen atoms in total. The van der Waals surface area contributed by atoms with E-state index >= 15 is 0 Å². The largest absolute Gasteiger partial charge is 0.462 e. The lowest BCUT2D eigenvalue weighted by Crippen LogP contribution is -2.30. The lowest BCUT2D eigenvalue weighted by atomic mass is 10.0. The minimum atomic E-state index is -0.778. The number of carbonyl (C=O) groups excluding carboxylic acids is 3. The monoisotopic (exact) mass is 1130 g/mol. The third-order valence-corrected chi connectivity index (χ3v) is 15.1. The van der Waals surface area contributed by atoms with Gasteiger partial charge in [-0.25, -0.2) is 0 Å². The first kappa shape index (κ1) is 77.3. The predicted molar refractivity (Wildman–Crippen MR) is 353 cm³/mol. The first-order valence-electron chi connectivity index (χ1n) is 34.7. The third kappa shape index (κ3) is 67.0. The van der Waals surface area contributed by atoms with Gasteiger partial charge in [-0.3, -0.25) is 14.4 Å². The first-order chi connectivity index (χ1) is 40.0. The topological polar surface area (TPSA) is 78.9 Å². The van der Waals surface area contributed by atoms with Gasteiger partial charge in [-0.2, -0.15) is 0 Å². The molecule has 0 saturated carbocycles. The van der Waals surface area contributed by atoms with Gasteiger partial charge in [-0.05, 0) is 103 Å². The van der Waals surface area contributed by atoms with E-state index < -0.39 is 6.10 Å². The average Bonchev–Trinajstić information content (AvgIpc) is 3.46. The van der Waals surface area contributed by atoms with Crippen LogP contribution in [0.15, 0.2) is 97.2 Å². The Morgan fingerprint density at radius 1 is 0.259 bits per heavy atom. The van der Waals surface area contributed by atoms with Crippen molar-refractivity contribution in [3.63, 3.8) is 0 Å². The Hall–Kier alpha value is -3.67. The summed E-state index contributed by atoms with van der Waals surface area (Å²) in [5.74, 6) is -0.869. The molecule has 0 aromatic rings. The van der Waals surface area contributed by atoms with E-state index in [0.717, 1.165) is 109 Å². The van der Waals surface area contributed by atoms with Gasteiger partial charge in [0.25, 0.3) is 0 Å². The molecule has 0 heterocycles. The zero-order chi connectivity index (χ0) is 58.5. The summed E-state index contributed by atoms with van der Waals surface area (Å²) < 4.78 is 16.9. The summed E-state index contributed by atoms with van der Waals surface area (Å²) in [4.78, 5) is 38.3. The summed E-state index contributed by atoms with van der Waals surface area (Å²) in [5.41, 5.74) is 0.